The molecule has 0 amide bonds. The van der Waals surface area contributed by atoms with E-state index in [-0.39, 0.29) is 22.8 Å². The van der Waals surface area contributed by atoms with Gasteiger partial charge >= 0.3 is 0 Å². The number of nitrogens with one attached hydrogen (secondary N) is 1. The SMILES string of the molecule is COC1(CNS(=O)(=O)c2cccc(C(C)=O)c2)CCC1. The second kappa shape index (κ2) is 5.63. The van der Waals surface area contributed by atoms with Gasteiger partial charge in [-0.15, -0.1) is 0 Å². The number of carbonyl (C=O) groups is 1. The highest BCUT2D eigenvalue weighted by atomic mass is 32.2. The van der Waals surface area contributed by atoms with Gasteiger partial charge in [-0.3, -0.25) is 4.79 Å². The van der Waals surface area contributed by atoms with Crippen LogP contribution in [-0.2, 0) is 14.8 Å². The minimum absolute atomic E-state index is 0.107. The number of methoxy groups -OCH3 is 1. The number of benzene rings is 1. The lowest BCUT2D eigenvalue weighted by atomic mass is 9.80. The smallest absolute Gasteiger partial charge is 0.240 e. The summed E-state index contributed by atoms with van der Waals surface area (Å²) in [6.07, 6.45) is 2.77. The zero-order valence-corrected chi connectivity index (χ0v) is 12.5. The fraction of sp³-hybridized carbons (Fsp3) is 0.500. The van der Waals surface area contributed by atoms with Gasteiger partial charge in [0.05, 0.1) is 10.5 Å². The van der Waals surface area contributed by atoms with Gasteiger partial charge < -0.3 is 4.74 Å². The van der Waals surface area contributed by atoms with E-state index in [1.54, 1.807) is 19.2 Å². The molecule has 1 fully saturated rings. The third-order valence-corrected chi connectivity index (χ3v) is 5.23. The third-order valence-electron chi connectivity index (χ3n) is 3.83. The van der Waals surface area contributed by atoms with Crippen molar-refractivity contribution < 1.29 is 17.9 Å². The van der Waals surface area contributed by atoms with Crippen LogP contribution in [0.2, 0.25) is 0 Å². The molecule has 1 aliphatic carbocycles. The highest BCUT2D eigenvalue weighted by Gasteiger charge is 2.38. The topological polar surface area (TPSA) is 72.5 Å². The molecule has 0 aromatic heterocycles. The lowest BCUT2D eigenvalue weighted by molar-refractivity contribution is -0.0659. The molecule has 110 valence electrons. The maximum atomic E-state index is 12.2. The average Bonchev–Trinajstić information content (AvgIpc) is 2.38. The maximum Gasteiger partial charge on any atom is 0.240 e. The van der Waals surface area contributed by atoms with E-state index in [1.807, 2.05) is 0 Å². The van der Waals surface area contributed by atoms with E-state index in [0.717, 1.165) is 19.3 Å². The third kappa shape index (κ3) is 3.08. The molecule has 0 unspecified atom stereocenters. The Morgan fingerprint density at radius 1 is 1.40 bits per heavy atom. The van der Waals surface area contributed by atoms with Gasteiger partial charge in [-0.05, 0) is 38.3 Å². The molecular formula is C14H19NO4S. The summed E-state index contributed by atoms with van der Waals surface area (Å²) in [4.78, 5) is 11.4. The van der Waals surface area contributed by atoms with Crippen LogP contribution in [0, 0.1) is 0 Å². The standard InChI is InChI=1S/C14H19NO4S/c1-11(16)12-5-3-6-13(9-12)20(17,18)15-10-14(19-2)7-4-8-14/h3,5-6,9,15H,4,7-8,10H2,1-2H3. The van der Waals surface area contributed by atoms with Crippen LogP contribution in [0.5, 0.6) is 0 Å². The first-order valence-corrected chi connectivity index (χ1v) is 8.03. The van der Waals surface area contributed by atoms with Gasteiger partial charge in [-0.2, -0.15) is 0 Å². The molecule has 6 heteroatoms. The Hall–Kier alpha value is -1.24. The van der Waals surface area contributed by atoms with Crippen LogP contribution in [0.15, 0.2) is 29.2 Å². The molecule has 1 N–H and O–H groups in total. The number of hydrogen-bond acceptors (Lipinski definition) is 4. The van der Waals surface area contributed by atoms with Crippen LogP contribution in [0.25, 0.3) is 0 Å². The quantitative estimate of drug-likeness (QED) is 0.812. The summed E-state index contributed by atoms with van der Waals surface area (Å²) in [6, 6.07) is 6.05. The molecule has 0 heterocycles. The Balaban J connectivity index is 2.14. The number of Topliss-reactive ketones (excluding diaryl/α,β-unsaturated/α-hetero) is 1. The van der Waals surface area contributed by atoms with Crippen LogP contribution in [0.4, 0.5) is 0 Å². The van der Waals surface area contributed by atoms with E-state index in [0.29, 0.717) is 5.56 Å². The molecular weight excluding hydrogens is 278 g/mol. The molecule has 0 spiro atoms. The minimum atomic E-state index is -3.62. The summed E-state index contributed by atoms with van der Waals surface area (Å²) in [5.74, 6) is -0.158. The average molecular weight is 297 g/mol. The molecule has 20 heavy (non-hydrogen) atoms. The van der Waals surface area contributed by atoms with E-state index in [9.17, 15) is 13.2 Å². The van der Waals surface area contributed by atoms with Crippen LogP contribution in [-0.4, -0.2) is 33.5 Å². The van der Waals surface area contributed by atoms with Crippen molar-refractivity contribution in [2.24, 2.45) is 0 Å². The van der Waals surface area contributed by atoms with E-state index in [1.165, 1.54) is 19.1 Å². The molecule has 5 nitrogen and oxygen atoms in total. The van der Waals surface area contributed by atoms with Gasteiger partial charge in [0.1, 0.15) is 0 Å². The van der Waals surface area contributed by atoms with Crippen molar-refractivity contribution in [1.29, 1.82) is 0 Å². The summed E-state index contributed by atoms with van der Waals surface area (Å²) in [6.45, 7) is 1.67. The molecule has 0 saturated heterocycles. The van der Waals surface area contributed by atoms with Gasteiger partial charge in [-0.1, -0.05) is 12.1 Å². The number of sulfonamides is 1. The van der Waals surface area contributed by atoms with Crippen molar-refractivity contribution in [2.75, 3.05) is 13.7 Å². The normalized spacial score (nSPS) is 17.5. The fourth-order valence-corrected chi connectivity index (χ4v) is 3.38. The van der Waals surface area contributed by atoms with Crippen LogP contribution in [0.1, 0.15) is 36.5 Å². The number of carbonyl (C=O) groups excluding carboxylic acids is 1. The lowest BCUT2D eigenvalue weighted by Gasteiger charge is -2.40. The van der Waals surface area contributed by atoms with Crippen LogP contribution < -0.4 is 4.72 Å². The second-order valence-electron chi connectivity index (χ2n) is 5.15. The molecule has 0 radical (unpaired) electrons. The Kier molecular flexibility index (Phi) is 4.27. The predicted molar refractivity (Wildman–Crippen MR) is 75.2 cm³/mol. The number of hydrogen-bond donors (Lipinski definition) is 1. The van der Waals surface area contributed by atoms with Gasteiger partial charge in [0.2, 0.25) is 10.0 Å². The molecule has 1 saturated carbocycles. The lowest BCUT2D eigenvalue weighted by Crippen LogP contribution is -2.49. The van der Waals surface area contributed by atoms with Gasteiger partial charge in [0, 0.05) is 19.2 Å². The summed E-state index contributed by atoms with van der Waals surface area (Å²) in [7, 11) is -2.02. The first-order valence-electron chi connectivity index (χ1n) is 6.54. The minimum Gasteiger partial charge on any atom is -0.377 e. The van der Waals surface area contributed by atoms with Crippen molar-refractivity contribution in [3.63, 3.8) is 0 Å². The molecule has 0 bridgehead atoms. The van der Waals surface area contributed by atoms with Gasteiger partial charge in [-0.25, -0.2) is 13.1 Å². The molecule has 0 aliphatic heterocycles. The van der Waals surface area contributed by atoms with Gasteiger partial charge in [0.25, 0.3) is 0 Å². The molecule has 1 aliphatic rings. The zero-order valence-electron chi connectivity index (χ0n) is 11.7. The Bertz CT molecular complexity index is 600. The summed E-state index contributed by atoms with van der Waals surface area (Å²) < 4.78 is 32.4. The van der Waals surface area contributed by atoms with Crippen molar-refractivity contribution in [3.05, 3.63) is 29.8 Å². The van der Waals surface area contributed by atoms with Crippen LogP contribution >= 0.6 is 0 Å². The second-order valence-corrected chi connectivity index (χ2v) is 6.92. The number of ketones is 1. The Morgan fingerprint density at radius 3 is 2.60 bits per heavy atom. The van der Waals surface area contributed by atoms with E-state index >= 15 is 0 Å². The van der Waals surface area contributed by atoms with Gasteiger partial charge in [0.15, 0.2) is 5.78 Å². The number of ether oxygens (including phenoxy) is 1. The first kappa shape index (κ1) is 15.2. The molecule has 2 rings (SSSR count). The summed E-state index contributed by atoms with van der Waals surface area (Å²) >= 11 is 0. The molecule has 0 atom stereocenters. The van der Waals surface area contributed by atoms with E-state index in [2.05, 4.69) is 4.72 Å². The Labute approximate surface area is 119 Å². The van der Waals surface area contributed by atoms with Crippen molar-refractivity contribution in [3.8, 4) is 0 Å². The van der Waals surface area contributed by atoms with E-state index in [4.69, 9.17) is 4.74 Å². The van der Waals surface area contributed by atoms with Crippen LogP contribution in [0.3, 0.4) is 0 Å². The first-order chi connectivity index (χ1) is 9.38. The predicted octanol–water partition coefficient (Wildman–Crippen LogP) is 1.74. The van der Waals surface area contributed by atoms with Crippen molar-refractivity contribution in [1.82, 2.24) is 4.72 Å². The molecule has 1 aromatic carbocycles. The summed E-state index contributed by atoms with van der Waals surface area (Å²) in [5.41, 5.74) is 0.0172. The maximum absolute atomic E-state index is 12.2. The molecule has 1 aromatic rings. The zero-order chi connectivity index (χ0) is 14.8. The largest absolute Gasteiger partial charge is 0.377 e. The monoisotopic (exact) mass is 297 g/mol. The van der Waals surface area contributed by atoms with Crippen molar-refractivity contribution >= 4 is 15.8 Å². The highest BCUT2D eigenvalue weighted by molar-refractivity contribution is 7.89. The summed E-state index contributed by atoms with van der Waals surface area (Å²) in [5, 5.41) is 0. The Morgan fingerprint density at radius 2 is 2.10 bits per heavy atom. The fourth-order valence-electron chi connectivity index (χ4n) is 2.22. The van der Waals surface area contributed by atoms with Crippen molar-refractivity contribution in [2.45, 2.75) is 36.7 Å². The van der Waals surface area contributed by atoms with E-state index < -0.39 is 10.0 Å². The number of rotatable bonds is 6. The highest BCUT2D eigenvalue weighted by Crippen LogP contribution is 2.34.